The minimum atomic E-state index is -3.15. The summed E-state index contributed by atoms with van der Waals surface area (Å²) in [4.78, 5) is 4.25. The summed E-state index contributed by atoms with van der Waals surface area (Å²) in [7, 11) is -3.15. The highest BCUT2D eigenvalue weighted by Crippen LogP contribution is 2.18. The lowest BCUT2D eigenvalue weighted by molar-refractivity contribution is 0.565. The Morgan fingerprint density at radius 3 is 2.73 bits per heavy atom. The summed E-state index contributed by atoms with van der Waals surface area (Å²) in [5, 5.41) is 2.73. The van der Waals surface area contributed by atoms with Gasteiger partial charge in [0, 0.05) is 11.1 Å². The maximum absolute atomic E-state index is 11.5. The van der Waals surface area contributed by atoms with Crippen molar-refractivity contribution in [3.63, 3.8) is 0 Å². The van der Waals surface area contributed by atoms with E-state index in [-0.39, 0.29) is 11.8 Å². The molecule has 6 heteroatoms. The first-order chi connectivity index (χ1) is 6.94. The molecule has 0 radical (unpaired) electrons. The zero-order valence-corrected chi connectivity index (χ0v) is 10.8. The number of hydrogen-bond donors (Lipinski definition) is 1. The molecule has 0 saturated carbocycles. The van der Waals surface area contributed by atoms with Crippen LogP contribution in [0.25, 0.3) is 0 Å². The molecule has 1 aromatic heterocycles. The van der Waals surface area contributed by atoms with Gasteiger partial charge < -0.3 is 0 Å². The number of thiazole rings is 1. The van der Waals surface area contributed by atoms with Crippen LogP contribution in [0.15, 0.2) is 5.38 Å². The molecule has 0 aliphatic heterocycles. The van der Waals surface area contributed by atoms with Crippen molar-refractivity contribution in [2.45, 2.75) is 33.2 Å². The van der Waals surface area contributed by atoms with Crippen molar-refractivity contribution in [3.05, 3.63) is 16.1 Å². The van der Waals surface area contributed by atoms with Gasteiger partial charge in [0.2, 0.25) is 10.0 Å². The SMILES string of the molecule is CCCS(=O)(=O)NC(C)c1nc(C)cs1. The van der Waals surface area contributed by atoms with E-state index in [1.54, 1.807) is 0 Å². The molecule has 0 aromatic carbocycles. The summed E-state index contributed by atoms with van der Waals surface area (Å²) in [6, 6.07) is -0.236. The van der Waals surface area contributed by atoms with E-state index in [4.69, 9.17) is 0 Å². The number of aryl methyl sites for hydroxylation is 1. The van der Waals surface area contributed by atoms with Gasteiger partial charge in [0.25, 0.3) is 0 Å². The first kappa shape index (κ1) is 12.6. The maximum Gasteiger partial charge on any atom is 0.212 e. The van der Waals surface area contributed by atoms with E-state index < -0.39 is 10.0 Å². The van der Waals surface area contributed by atoms with Crippen LogP contribution in [0, 0.1) is 6.92 Å². The van der Waals surface area contributed by atoms with Crippen LogP contribution in [0.5, 0.6) is 0 Å². The highest BCUT2D eigenvalue weighted by molar-refractivity contribution is 7.89. The third kappa shape index (κ3) is 3.89. The molecule has 0 bridgehead atoms. The largest absolute Gasteiger partial charge is 0.245 e. The van der Waals surface area contributed by atoms with E-state index in [2.05, 4.69) is 9.71 Å². The lowest BCUT2D eigenvalue weighted by Crippen LogP contribution is -2.28. The van der Waals surface area contributed by atoms with Gasteiger partial charge in [0.15, 0.2) is 0 Å². The molecule has 0 aliphatic rings. The zero-order chi connectivity index (χ0) is 11.5. The van der Waals surface area contributed by atoms with Crippen LogP contribution in [0.1, 0.15) is 37.0 Å². The van der Waals surface area contributed by atoms with Crippen LogP contribution in [0.3, 0.4) is 0 Å². The normalized spacial score (nSPS) is 14.1. The summed E-state index contributed by atoms with van der Waals surface area (Å²) in [6.45, 7) is 5.55. The van der Waals surface area contributed by atoms with Crippen molar-refractivity contribution in [3.8, 4) is 0 Å². The average Bonchev–Trinajstić information content (AvgIpc) is 2.50. The Balaban J connectivity index is 2.67. The molecule has 4 nitrogen and oxygen atoms in total. The van der Waals surface area contributed by atoms with Gasteiger partial charge >= 0.3 is 0 Å². The Hall–Kier alpha value is -0.460. The predicted molar refractivity (Wildman–Crippen MR) is 62.5 cm³/mol. The third-order valence-corrected chi connectivity index (χ3v) is 4.64. The minimum Gasteiger partial charge on any atom is -0.245 e. The number of nitrogens with zero attached hydrogens (tertiary/aromatic N) is 1. The van der Waals surface area contributed by atoms with Crippen molar-refractivity contribution in [1.29, 1.82) is 0 Å². The summed E-state index contributed by atoms with van der Waals surface area (Å²) in [6.07, 6.45) is 0.624. The Kier molecular flexibility index (Phi) is 4.24. The minimum absolute atomic E-state index is 0.168. The number of hydrogen-bond acceptors (Lipinski definition) is 4. The van der Waals surface area contributed by atoms with E-state index in [9.17, 15) is 8.42 Å². The fraction of sp³-hybridized carbons (Fsp3) is 0.667. The van der Waals surface area contributed by atoms with Crippen molar-refractivity contribution in [1.82, 2.24) is 9.71 Å². The molecular weight excluding hydrogens is 232 g/mol. The summed E-state index contributed by atoms with van der Waals surface area (Å²) in [5.74, 6) is 0.168. The third-order valence-electron chi connectivity index (χ3n) is 1.84. The highest BCUT2D eigenvalue weighted by Gasteiger charge is 2.16. The van der Waals surface area contributed by atoms with Crippen LogP contribution in [0.4, 0.5) is 0 Å². The second-order valence-corrected chi connectivity index (χ2v) is 6.25. The van der Waals surface area contributed by atoms with Crippen LogP contribution in [-0.4, -0.2) is 19.2 Å². The molecule has 86 valence electrons. The fourth-order valence-electron chi connectivity index (χ4n) is 1.22. The van der Waals surface area contributed by atoms with Crippen molar-refractivity contribution in [2.24, 2.45) is 0 Å². The van der Waals surface area contributed by atoms with Gasteiger partial charge in [-0.2, -0.15) is 0 Å². The quantitative estimate of drug-likeness (QED) is 0.865. The van der Waals surface area contributed by atoms with Gasteiger partial charge in [0.05, 0.1) is 11.8 Å². The molecule has 15 heavy (non-hydrogen) atoms. The van der Waals surface area contributed by atoms with Crippen molar-refractivity contribution < 1.29 is 8.42 Å². The molecule has 0 saturated heterocycles. The smallest absolute Gasteiger partial charge is 0.212 e. The lowest BCUT2D eigenvalue weighted by atomic mass is 10.4. The van der Waals surface area contributed by atoms with E-state index >= 15 is 0 Å². The van der Waals surface area contributed by atoms with Crippen LogP contribution >= 0.6 is 11.3 Å². The van der Waals surface area contributed by atoms with Crippen LogP contribution in [-0.2, 0) is 10.0 Å². The van der Waals surface area contributed by atoms with Gasteiger partial charge in [-0.1, -0.05) is 6.92 Å². The molecule has 0 amide bonds. The maximum atomic E-state index is 11.5. The monoisotopic (exact) mass is 248 g/mol. The second kappa shape index (κ2) is 5.05. The summed E-state index contributed by atoms with van der Waals surface area (Å²) >= 11 is 1.48. The Morgan fingerprint density at radius 2 is 2.27 bits per heavy atom. The zero-order valence-electron chi connectivity index (χ0n) is 9.15. The standard InChI is InChI=1S/C9H16N2O2S2/c1-4-5-15(12,13)11-8(3)9-10-7(2)6-14-9/h6,8,11H,4-5H2,1-3H3. The van der Waals surface area contributed by atoms with E-state index in [1.807, 2.05) is 26.2 Å². The van der Waals surface area contributed by atoms with E-state index in [1.165, 1.54) is 11.3 Å². The number of rotatable bonds is 5. The first-order valence-electron chi connectivity index (χ1n) is 4.86. The molecule has 1 aromatic rings. The molecule has 1 N–H and O–H groups in total. The topological polar surface area (TPSA) is 59.1 Å². The number of sulfonamides is 1. The summed E-state index contributed by atoms with van der Waals surface area (Å²) in [5.41, 5.74) is 0.927. The molecule has 1 rings (SSSR count). The van der Waals surface area contributed by atoms with Gasteiger partial charge in [-0.15, -0.1) is 11.3 Å². The van der Waals surface area contributed by atoms with Crippen LogP contribution < -0.4 is 4.72 Å². The number of nitrogens with one attached hydrogen (secondary N) is 1. The van der Waals surface area contributed by atoms with E-state index in [0.717, 1.165) is 10.7 Å². The Morgan fingerprint density at radius 1 is 1.60 bits per heavy atom. The molecule has 1 heterocycles. The fourth-order valence-corrected chi connectivity index (χ4v) is 3.40. The molecule has 0 fully saturated rings. The van der Waals surface area contributed by atoms with E-state index in [0.29, 0.717) is 6.42 Å². The molecular formula is C9H16N2O2S2. The summed E-state index contributed by atoms with van der Waals surface area (Å²) < 4.78 is 25.6. The van der Waals surface area contributed by atoms with Crippen molar-refractivity contribution >= 4 is 21.4 Å². The Bertz CT molecular complexity index is 412. The van der Waals surface area contributed by atoms with Gasteiger partial charge in [-0.3, -0.25) is 0 Å². The average molecular weight is 248 g/mol. The van der Waals surface area contributed by atoms with Gasteiger partial charge in [-0.05, 0) is 20.3 Å². The highest BCUT2D eigenvalue weighted by atomic mass is 32.2. The van der Waals surface area contributed by atoms with Crippen molar-refractivity contribution in [2.75, 3.05) is 5.75 Å². The van der Waals surface area contributed by atoms with Crippen LogP contribution in [0.2, 0.25) is 0 Å². The van der Waals surface area contributed by atoms with Gasteiger partial charge in [-0.25, -0.2) is 18.1 Å². The Labute approximate surface area is 94.8 Å². The number of aromatic nitrogens is 1. The second-order valence-electron chi connectivity index (χ2n) is 3.49. The molecule has 0 aliphatic carbocycles. The molecule has 1 atom stereocenters. The first-order valence-corrected chi connectivity index (χ1v) is 7.40. The van der Waals surface area contributed by atoms with Gasteiger partial charge in [0.1, 0.15) is 5.01 Å². The molecule has 1 unspecified atom stereocenters. The lowest BCUT2D eigenvalue weighted by Gasteiger charge is -2.10. The predicted octanol–water partition coefficient (Wildman–Crippen LogP) is 1.84. The molecule has 0 spiro atoms.